The van der Waals surface area contributed by atoms with E-state index >= 15 is 0 Å². The number of phenolic OH excluding ortho intramolecular Hbond substituents is 1. The molecule has 2 N–H and O–H groups in total. The fourth-order valence-electron chi connectivity index (χ4n) is 2.09. The van der Waals surface area contributed by atoms with Crippen molar-refractivity contribution in [1.29, 1.82) is 0 Å². The molecule has 3 aromatic rings. The molecule has 0 fully saturated rings. The number of H-pyrrole nitrogens is 1. The number of non-ortho nitro benzene ring substituents is 1. The van der Waals surface area contributed by atoms with Crippen molar-refractivity contribution in [3.63, 3.8) is 0 Å². The Bertz CT molecular complexity index is 1080. The lowest BCUT2D eigenvalue weighted by Crippen LogP contribution is -2.04. The van der Waals surface area contributed by atoms with E-state index in [1.165, 1.54) is 12.4 Å². The number of phenols is 1. The third kappa shape index (κ3) is 4.71. The summed E-state index contributed by atoms with van der Waals surface area (Å²) in [7, 11) is 0. The van der Waals surface area contributed by atoms with Gasteiger partial charge in [0.05, 0.1) is 49.8 Å². The summed E-state index contributed by atoms with van der Waals surface area (Å²) in [5.74, 6) is -1.21. The maximum atomic E-state index is 12.2. The lowest BCUT2D eigenvalue weighted by Gasteiger charge is -2.04. The molecule has 3 rings (SSSR count). The van der Waals surface area contributed by atoms with Crippen LogP contribution >= 0.6 is 0 Å². The molecule has 0 amide bonds. The van der Waals surface area contributed by atoms with Gasteiger partial charge in [0.15, 0.2) is 0 Å². The van der Waals surface area contributed by atoms with Gasteiger partial charge in [-0.3, -0.25) is 30.3 Å². The van der Waals surface area contributed by atoms with Crippen molar-refractivity contribution in [3.8, 4) is 5.75 Å². The number of nitrogens with zero attached hydrogens (tertiary/aromatic N) is 4. The number of aromatic nitrogens is 2. The number of nitro benzene ring substituents is 3. The molecular formula is C14H8F3N5O7. The number of hydrogen-bond donors (Lipinski definition) is 2. The summed E-state index contributed by atoms with van der Waals surface area (Å²) >= 11 is 0. The van der Waals surface area contributed by atoms with Gasteiger partial charge in [0.25, 0.3) is 11.4 Å². The van der Waals surface area contributed by atoms with E-state index in [-0.39, 0.29) is 0 Å². The second-order valence-electron chi connectivity index (χ2n) is 5.24. The van der Waals surface area contributed by atoms with Crippen LogP contribution in [0.1, 0.15) is 5.56 Å². The summed E-state index contributed by atoms with van der Waals surface area (Å²) in [6.45, 7) is 0. The summed E-state index contributed by atoms with van der Waals surface area (Å²) in [6.07, 6.45) is -2.93. The van der Waals surface area contributed by atoms with Gasteiger partial charge in [0, 0.05) is 0 Å². The average molecular weight is 415 g/mol. The molecule has 1 heterocycles. The highest BCUT2D eigenvalue weighted by Gasteiger charge is 2.31. The van der Waals surface area contributed by atoms with Crippen LogP contribution in [-0.4, -0.2) is 29.8 Å². The van der Waals surface area contributed by atoms with Crippen LogP contribution < -0.4 is 0 Å². The first kappa shape index (κ1) is 21.0. The van der Waals surface area contributed by atoms with Gasteiger partial charge >= 0.3 is 17.6 Å². The highest BCUT2D eigenvalue weighted by Crippen LogP contribution is 2.39. The first-order valence-electron chi connectivity index (χ1n) is 7.22. The van der Waals surface area contributed by atoms with E-state index in [2.05, 4.69) is 9.97 Å². The largest absolute Gasteiger partial charge is 0.497 e. The van der Waals surface area contributed by atoms with E-state index in [0.29, 0.717) is 23.2 Å². The highest BCUT2D eigenvalue weighted by atomic mass is 19.4. The van der Waals surface area contributed by atoms with E-state index < -0.39 is 49.3 Å². The monoisotopic (exact) mass is 415 g/mol. The van der Waals surface area contributed by atoms with Crippen LogP contribution in [0.25, 0.3) is 11.0 Å². The van der Waals surface area contributed by atoms with Crippen molar-refractivity contribution >= 4 is 28.1 Å². The Morgan fingerprint density at radius 3 is 1.93 bits per heavy atom. The summed E-state index contributed by atoms with van der Waals surface area (Å²) in [4.78, 5) is 34.2. The van der Waals surface area contributed by atoms with Gasteiger partial charge in [-0.25, -0.2) is 4.98 Å². The first-order valence-corrected chi connectivity index (χ1v) is 7.22. The summed E-state index contributed by atoms with van der Waals surface area (Å²) in [5.41, 5.74) is -2.73. The van der Waals surface area contributed by atoms with E-state index in [0.717, 1.165) is 12.1 Å². The fourth-order valence-corrected chi connectivity index (χ4v) is 2.09. The minimum absolute atomic E-state index is 0.398. The van der Waals surface area contributed by atoms with Crippen molar-refractivity contribution in [3.05, 3.63) is 72.6 Å². The van der Waals surface area contributed by atoms with Crippen molar-refractivity contribution < 1.29 is 33.0 Å². The molecule has 0 aliphatic heterocycles. The standard InChI is InChI=1S/C8H5F3N2.C6H3N3O7/c9-8(10,11)5-1-2-6-7(3-5)13-4-12-6;10-6-4(8(13)14)1-3(7(11)12)2-5(6)9(15)16/h1-4H,(H,12,13);1-2,10H. The zero-order valence-corrected chi connectivity index (χ0v) is 13.8. The summed E-state index contributed by atoms with van der Waals surface area (Å²) in [5, 5.41) is 40.2. The zero-order chi connectivity index (χ0) is 21.9. The van der Waals surface area contributed by atoms with Crippen LogP contribution in [0.15, 0.2) is 36.7 Å². The van der Waals surface area contributed by atoms with Crippen molar-refractivity contribution in [2.45, 2.75) is 6.18 Å². The second kappa shape index (κ2) is 7.75. The Balaban J connectivity index is 0.000000211. The molecule has 0 aliphatic carbocycles. The topological polar surface area (TPSA) is 178 Å². The molecule has 152 valence electrons. The predicted molar refractivity (Wildman–Crippen MR) is 89.2 cm³/mol. The smallest absolute Gasteiger partial charge is 0.416 e. The maximum absolute atomic E-state index is 12.2. The molecule has 0 aliphatic rings. The molecule has 29 heavy (non-hydrogen) atoms. The number of halogens is 3. The molecule has 2 aromatic carbocycles. The number of aromatic amines is 1. The summed E-state index contributed by atoms with van der Waals surface area (Å²) < 4.78 is 36.6. The number of rotatable bonds is 3. The van der Waals surface area contributed by atoms with Crippen LogP contribution in [0.3, 0.4) is 0 Å². The van der Waals surface area contributed by atoms with E-state index in [1.54, 1.807) is 0 Å². The Morgan fingerprint density at radius 1 is 0.931 bits per heavy atom. The van der Waals surface area contributed by atoms with Crippen molar-refractivity contribution in [1.82, 2.24) is 9.97 Å². The van der Waals surface area contributed by atoms with Crippen LogP contribution in [-0.2, 0) is 6.18 Å². The number of fused-ring (bicyclic) bond motifs is 1. The second-order valence-corrected chi connectivity index (χ2v) is 5.24. The van der Waals surface area contributed by atoms with E-state index in [4.69, 9.17) is 5.11 Å². The Hall–Kier alpha value is -4.30. The van der Waals surface area contributed by atoms with Gasteiger partial charge in [0.1, 0.15) is 0 Å². The lowest BCUT2D eigenvalue weighted by atomic mass is 10.2. The first-order chi connectivity index (χ1) is 13.4. The fraction of sp³-hybridized carbons (Fsp3) is 0.0714. The third-order valence-electron chi connectivity index (χ3n) is 3.41. The predicted octanol–water partition coefficient (Wildman–Crippen LogP) is 3.70. The number of hydrogen-bond acceptors (Lipinski definition) is 8. The van der Waals surface area contributed by atoms with Gasteiger partial charge < -0.3 is 10.1 Å². The Labute approximate surface area is 156 Å². The SMILES string of the molecule is FC(F)(F)c1ccc2nc[nH]c2c1.O=[N+]([O-])c1cc([N+](=O)[O-])c(O)c([N+](=O)[O-])c1. The Morgan fingerprint density at radius 2 is 1.48 bits per heavy atom. The van der Waals surface area contributed by atoms with Gasteiger partial charge in [-0.15, -0.1) is 0 Å². The number of benzene rings is 2. The third-order valence-corrected chi connectivity index (χ3v) is 3.41. The van der Waals surface area contributed by atoms with Crippen LogP contribution in [0, 0.1) is 30.3 Å². The molecule has 0 atom stereocenters. The van der Waals surface area contributed by atoms with Gasteiger partial charge in [-0.05, 0) is 18.2 Å². The number of nitrogens with one attached hydrogen (secondary N) is 1. The molecule has 0 spiro atoms. The van der Waals surface area contributed by atoms with Crippen LogP contribution in [0.4, 0.5) is 30.2 Å². The molecule has 0 radical (unpaired) electrons. The molecular weight excluding hydrogens is 407 g/mol. The quantitative estimate of drug-likeness (QED) is 0.480. The molecule has 15 heteroatoms. The maximum Gasteiger partial charge on any atom is 0.416 e. The zero-order valence-electron chi connectivity index (χ0n) is 13.8. The minimum Gasteiger partial charge on any atom is -0.497 e. The van der Waals surface area contributed by atoms with Crippen LogP contribution in [0.2, 0.25) is 0 Å². The van der Waals surface area contributed by atoms with Crippen molar-refractivity contribution in [2.24, 2.45) is 0 Å². The van der Waals surface area contributed by atoms with Gasteiger partial charge in [-0.1, -0.05) is 0 Å². The van der Waals surface area contributed by atoms with E-state index in [1.807, 2.05) is 0 Å². The lowest BCUT2D eigenvalue weighted by molar-refractivity contribution is -0.404. The van der Waals surface area contributed by atoms with Gasteiger partial charge in [-0.2, -0.15) is 13.2 Å². The van der Waals surface area contributed by atoms with Gasteiger partial charge in [0.2, 0.25) is 0 Å². The summed E-state index contributed by atoms with van der Waals surface area (Å²) in [6, 6.07) is 4.30. The molecule has 0 saturated carbocycles. The molecule has 0 unspecified atom stereocenters. The van der Waals surface area contributed by atoms with Crippen LogP contribution in [0.5, 0.6) is 5.75 Å². The number of alkyl halides is 3. The normalized spacial score (nSPS) is 10.9. The van der Waals surface area contributed by atoms with E-state index in [9.17, 15) is 43.5 Å². The average Bonchev–Trinajstić information content (AvgIpc) is 3.08. The number of aromatic hydroxyl groups is 1. The molecule has 0 bridgehead atoms. The minimum atomic E-state index is -4.29. The Kier molecular flexibility index (Phi) is 5.61. The molecule has 12 nitrogen and oxygen atoms in total. The number of imidazole rings is 1. The molecule has 1 aromatic heterocycles. The van der Waals surface area contributed by atoms with Crippen molar-refractivity contribution in [2.75, 3.05) is 0 Å². The number of nitro groups is 3. The molecule has 0 saturated heterocycles. The highest BCUT2D eigenvalue weighted by molar-refractivity contribution is 5.75.